The summed E-state index contributed by atoms with van der Waals surface area (Å²) in [5.41, 5.74) is 0.637. The smallest absolute Gasteiger partial charge is 0.311 e. The first-order chi connectivity index (χ1) is 6.99. The summed E-state index contributed by atoms with van der Waals surface area (Å²) < 4.78 is 0. The molecule has 0 heterocycles. The van der Waals surface area contributed by atoms with Crippen LogP contribution in [0.3, 0.4) is 0 Å². The molecule has 4 nitrogen and oxygen atoms in total. The third kappa shape index (κ3) is 5.88. The predicted molar refractivity (Wildman–Crippen MR) is 56.7 cm³/mol. The van der Waals surface area contributed by atoms with E-state index in [0.29, 0.717) is 5.57 Å². The number of allylic oxidation sites excluding steroid dienone is 1. The highest BCUT2D eigenvalue weighted by Crippen LogP contribution is 2.16. The molecule has 0 radical (unpaired) electrons. The topological polar surface area (TPSA) is 74.6 Å². The lowest BCUT2D eigenvalue weighted by atomic mass is 9.96. The Hall–Kier alpha value is -1.32. The van der Waals surface area contributed by atoms with Crippen molar-refractivity contribution in [3.63, 3.8) is 0 Å². The Labute approximate surface area is 89.6 Å². The zero-order chi connectivity index (χ0) is 11.8. The van der Waals surface area contributed by atoms with Gasteiger partial charge in [0, 0.05) is 0 Å². The Morgan fingerprint density at radius 1 is 1.33 bits per heavy atom. The molecule has 0 aromatic heterocycles. The van der Waals surface area contributed by atoms with Crippen LogP contribution in [0.15, 0.2) is 11.6 Å². The number of carboxylic acids is 2. The monoisotopic (exact) mass is 214 g/mol. The number of carboxylic acid groups (broad SMARTS) is 2. The largest absolute Gasteiger partial charge is 0.481 e. The molecule has 0 spiro atoms. The van der Waals surface area contributed by atoms with E-state index in [0.717, 1.165) is 19.3 Å². The van der Waals surface area contributed by atoms with Gasteiger partial charge in [0.25, 0.3) is 0 Å². The zero-order valence-corrected chi connectivity index (χ0v) is 9.19. The van der Waals surface area contributed by atoms with Gasteiger partial charge in [0.05, 0.1) is 12.3 Å². The highest BCUT2D eigenvalue weighted by Gasteiger charge is 2.22. The second-order valence-electron chi connectivity index (χ2n) is 3.58. The molecule has 0 aliphatic carbocycles. The van der Waals surface area contributed by atoms with Crippen LogP contribution < -0.4 is 0 Å². The summed E-state index contributed by atoms with van der Waals surface area (Å²) in [7, 11) is 0. The maximum Gasteiger partial charge on any atom is 0.311 e. The van der Waals surface area contributed by atoms with Crippen LogP contribution in [-0.2, 0) is 9.59 Å². The third-order valence-electron chi connectivity index (χ3n) is 2.25. The maximum absolute atomic E-state index is 10.8. The van der Waals surface area contributed by atoms with Gasteiger partial charge in [-0.2, -0.15) is 0 Å². The quantitative estimate of drug-likeness (QED) is 0.503. The highest BCUT2D eigenvalue weighted by molar-refractivity contribution is 5.80. The van der Waals surface area contributed by atoms with E-state index in [-0.39, 0.29) is 6.42 Å². The Bertz CT molecular complexity index is 255. The molecule has 0 rings (SSSR count). The van der Waals surface area contributed by atoms with E-state index in [1.54, 1.807) is 6.92 Å². The zero-order valence-electron chi connectivity index (χ0n) is 9.19. The first-order valence-corrected chi connectivity index (χ1v) is 5.10. The minimum atomic E-state index is -1.08. The van der Waals surface area contributed by atoms with Crippen molar-refractivity contribution < 1.29 is 19.8 Å². The van der Waals surface area contributed by atoms with Crippen molar-refractivity contribution >= 4 is 11.9 Å². The standard InChI is InChI=1S/C11H18O4/c1-3-4-5-6-8(2)9(11(14)15)7-10(12)13/h6,9H,3-5,7H2,1-2H3,(H,12,13)(H,14,15). The minimum absolute atomic E-state index is 0.343. The fourth-order valence-corrected chi connectivity index (χ4v) is 1.29. The Morgan fingerprint density at radius 2 is 1.93 bits per heavy atom. The van der Waals surface area contributed by atoms with E-state index in [1.165, 1.54) is 0 Å². The normalized spacial score (nSPS) is 13.6. The van der Waals surface area contributed by atoms with Gasteiger partial charge in [-0.1, -0.05) is 31.4 Å². The maximum atomic E-state index is 10.8. The Balaban J connectivity index is 4.40. The van der Waals surface area contributed by atoms with Crippen LogP contribution >= 0.6 is 0 Å². The summed E-state index contributed by atoms with van der Waals surface area (Å²) in [5, 5.41) is 17.4. The van der Waals surface area contributed by atoms with Crippen molar-refractivity contribution in [2.24, 2.45) is 5.92 Å². The minimum Gasteiger partial charge on any atom is -0.481 e. The van der Waals surface area contributed by atoms with Crippen molar-refractivity contribution in [1.29, 1.82) is 0 Å². The van der Waals surface area contributed by atoms with Gasteiger partial charge in [-0.25, -0.2) is 0 Å². The van der Waals surface area contributed by atoms with E-state index in [2.05, 4.69) is 6.92 Å². The Kier molecular flexibility index (Phi) is 6.42. The van der Waals surface area contributed by atoms with Crippen LogP contribution in [0.2, 0.25) is 0 Å². The van der Waals surface area contributed by atoms with Crippen LogP contribution in [0.4, 0.5) is 0 Å². The van der Waals surface area contributed by atoms with Gasteiger partial charge in [-0.05, 0) is 13.3 Å². The SMILES string of the molecule is CCCCC=C(C)C(CC(=O)O)C(=O)O. The van der Waals surface area contributed by atoms with Gasteiger partial charge in [-0.15, -0.1) is 0 Å². The lowest BCUT2D eigenvalue weighted by Gasteiger charge is -2.10. The average Bonchev–Trinajstić information content (AvgIpc) is 2.13. The molecule has 0 aromatic carbocycles. The summed E-state index contributed by atoms with van der Waals surface area (Å²) in [6.07, 6.45) is 4.33. The van der Waals surface area contributed by atoms with Crippen LogP contribution in [0, 0.1) is 5.92 Å². The first-order valence-electron chi connectivity index (χ1n) is 5.10. The third-order valence-corrected chi connectivity index (χ3v) is 2.25. The molecule has 0 saturated heterocycles. The molecular weight excluding hydrogens is 196 g/mol. The summed E-state index contributed by atoms with van der Waals surface area (Å²) in [6.45, 7) is 3.73. The molecule has 15 heavy (non-hydrogen) atoms. The average molecular weight is 214 g/mol. The van der Waals surface area contributed by atoms with E-state index < -0.39 is 17.9 Å². The summed E-state index contributed by atoms with van der Waals surface area (Å²) in [4.78, 5) is 21.3. The molecular formula is C11H18O4. The number of rotatable bonds is 7. The molecule has 0 amide bonds. The number of aliphatic carboxylic acids is 2. The van der Waals surface area contributed by atoms with Gasteiger partial charge >= 0.3 is 11.9 Å². The fraction of sp³-hybridized carbons (Fsp3) is 0.636. The lowest BCUT2D eigenvalue weighted by molar-refractivity contribution is -0.146. The van der Waals surface area contributed by atoms with Crippen molar-refractivity contribution in [1.82, 2.24) is 0 Å². The molecule has 1 atom stereocenters. The van der Waals surface area contributed by atoms with Gasteiger partial charge in [-0.3, -0.25) is 9.59 Å². The van der Waals surface area contributed by atoms with E-state index in [1.807, 2.05) is 6.08 Å². The molecule has 0 bridgehead atoms. The van der Waals surface area contributed by atoms with E-state index >= 15 is 0 Å². The molecule has 0 aliphatic rings. The van der Waals surface area contributed by atoms with Gasteiger partial charge < -0.3 is 10.2 Å². The van der Waals surface area contributed by atoms with Crippen LogP contribution in [-0.4, -0.2) is 22.2 Å². The van der Waals surface area contributed by atoms with Crippen molar-refractivity contribution in [2.45, 2.75) is 39.5 Å². The van der Waals surface area contributed by atoms with E-state index in [9.17, 15) is 9.59 Å². The van der Waals surface area contributed by atoms with Crippen molar-refractivity contribution in [3.05, 3.63) is 11.6 Å². The number of hydrogen-bond donors (Lipinski definition) is 2. The molecule has 2 N–H and O–H groups in total. The van der Waals surface area contributed by atoms with Gasteiger partial charge in [0.15, 0.2) is 0 Å². The molecule has 4 heteroatoms. The molecule has 1 unspecified atom stereocenters. The molecule has 0 aliphatic heterocycles. The fourth-order valence-electron chi connectivity index (χ4n) is 1.29. The summed E-state index contributed by atoms with van der Waals surface area (Å²) >= 11 is 0. The second kappa shape index (κ2) is 7.04. The molecule has 0 saturated carbocycles. The van der Waals surface area contributed by atoms with Crippen LogP contribution in [0.5, 0.6) is 0 Å². The summed E-state index contributed by atoms with van der Waals surface area (Å²) in [5.74, 6) is -3.03. The number of hydrogen-bond acceptors (Lipinski definition) is 2. The van der Waals surface area contributed by atoms with Crippen LogP contribution in [0.1, 0.15) is 39.5 Å². The number of carbonyl (C=O) groups is 2. The molecule has 86 valence electrons. The lowest BCUT2D eigenvalue weighted by Crippen LogP contribution is -2.18. The molecule has 0 fully saturated rings. The van der Waals surface area contributed by atoms with Crippen molar-refractivity contribution in [2.75, 3.05) is 0 Å². The number of unbranched alkanes of at least 4 members (excludes halogenated alkanes) is 2. The second-order valence-corrected chi connectivity index (χ2v) is 3.58. The van der Waals surface area contributed by atoms with Gasteiger partial charge in [0.1, 0.15) is 0 Å². The van der Waals surface area contributed by atoms with Crippen molar-refractivity contribution in [3.8, 4) is 0 Å². The van der Waals surface area contributed by atoms with Gasteiger partial charge in [0.2, 0.25) is 0 Å². The predicted octanol–water partition coefficient (Wildman–Crippen LogP) is 2.30. The highest BCUT2D eigenvalue weighted by atomic mass is 16.4. The first kappa shape index (κ1) is 13.7. The van der Waals surface area contributed by atoms with Crippen LogP contribution in [0.25, 0.3) is 0 Å². The summed E-state index contributed by atoms with van der Waals surface area (Å²) in [6, 6.07) is 0. The molecule has 0 aromatic rings. The van der Waals surface area contributed by atoms with E-state index in [4.69, 9.17) is 10.2 Å². The Morgan fingerprint density at radius 3 is 2.33 bits per heavy atom.